The average molecular weight is 398 g/mol. The van der Waals surface area contributed by atoms with E-state index in [-0.39, 0.29) is 34.0 Å². The molecular formula is C22H14N4O4. The monoisotopic (exact) mass is 398 g/mol. The fraction of sp³-hybridized carbons (Fsp3) is 0.0455. The molecule has 0 bridgehead atoms. The number of rotatable bonds is 2. The summed E-state index contributed by atoms with van der Waals surface area (Å²) >= 11 is 0. The number of para-hydroxylation sites is 1. The first kappa shape index (κ1) is 17.7. The number of nitrogens with two attached hydrogens (primary N) is 1. The molecule has 0 atom stereocenters. The SMILES string of the molecule is Cc1c(C(=O)O)nc(-c2ccc3c(n2)C(=O)C(N)=CC3=O)c2[nH]c3ccccc3c12. The van der Waals surface area contributed by atoms with Gasteiger partial charge in [0.15, 0.2) is 11.5 Å². The van der Waals surface area contributed by atoms with E-state index in [0.29, 0.717) is 16.5 Å². The van der Waals surface area contributed by atoms with Crippen LogP contribution < -0.4 is 5.73 Å². The van der Waals surface area contributed by atoms with E-state index < -0.39 is 17.5 Å². The molecule has 0 amide bonds. The minimum atomic E-state index is -1.17. The Morgan fingerprint density at radius 3 is 2.60 bits per heavy atom. The molecule has 5 rings (SSSR count). The molecule has 0 saturated heterocycles. The van der Waals surface area contributed by atoms with Crippen molar-refractivity contribution in [3.05, 3.63) is 70.7 Å². The average Bonchev–Trinajstić information content (AvgIpc) is 3.12. The zero-order valence-corrected chi connectivity index (χ0v) is 15.7. The van der Waals surface area contributed by atoms with Crippen LogP contribution in [0.25, 0.3) is 33.2 Å². The second-order valence-electron chi connectivity index (χ2n) is 7.05. The zero-order valence-electron chi connectivity index (χ0n) is 15.7. The van der Waals surface area contributed by atoms with Gasteiger partial charge in [0.05, 0.1) is 22.5 Å². The molecule has 0 fully saturated rings. The highest BCUT2D eigenvalue weighted by Crippen LogP contribution is 2.35. The minimum Gasteiger partial charge on any atom is -0.477 e. The standard InChI is InChI=1S/C22H14N4O4/c1-9-16-10-4-2-3-5-13(10)24-20(16)19(26-17(9)22(29)30)14-7-6-11-15(27)8-12(23)21(28)18(11)25-14/h2-8,24H,23H2,1H3,(H,29,30). The highest BCUT2D eigenvalue weighted by atomic mass is 16.4. The number of H-pyrrole nitrogens is 1. The van der Waals surface area contributed by atoms with Crippen molar-refractivity contribution < 1.29 is 19.5 Å². The molecule has 0 radical (unpaired) electrons. The number of aromatic amines is 1. The number of fused-ring (bicyclic) bond motifs is 4. The van der Waals surface area contributed by atoms with Gasteiger partial charge in [-0.2, -0.15) is 0 Å². The van der Waals surface area contributed by atoms with Gasteiger partial charge in [0, 0.05) is 22.4 Å². The smallest absolute Gasteiger partial charge is 0.354 e. The van der Waals surface area contributed by atoms with E-state index in [2.05, 4.69) is 15.0 Å². The topological polar surface area (TPSA) is 139 Å². The molecule has 3 aromatic heterocycles. The van der Waals surface area contributed by atoms with E-state index in [0.717, 1.165) is 17.0 Å². The Labute approximate surface area is 169 Å². The van der Waals surface area contributed by atoms with Crippen LogP contribution in [0.1, 0.15) is 36.9 Å². The molecule has 3 heterocycles. The van der Waals surface area contributed by atoms with Crippen LogP contribution in [0.5, 0.6) is 0 Å². The van der Waals surface area contributed by atoms with Crippen LogP contribution in [0.15, 0.2) is 48.2 Å². The molecule has 1 aliphatic carbocycles. The van der Waals surface area contributed by atoms with Crippen LogP contribution in [-0.4, -0.2) is 37.6 Å². The van der Waals surface area contributed by atoms with E-state index in [1.54, 1.807) is 13.0 Å². The number of carbonyl (C=O) groups excluding carboxylic acids is 2. The van der Waals surface area contributed by atoms with Crippen molar-refractivity contribution in [2.24, 2.45) is 5.73 Å². The van der Waals surface area contributed by atoms with E-state index >= 15 is 0 Å². The number of aromatic carboxylic acids is 1. The van der Waals surface area contributed by atoms with E-state index in [9.17, 15) is 19.5 Å². The molecule has 0 aliphatic heterocycles. The molecule has 146 valence electrons. The number of pyridine rings is 2. The molecule has 1 aliphatic rings. The number of carboxylic acids is 1. The number of nitrogens with one attached hydrogen (secondary N) is 1. The molecule has 4 N–H and O–H groups in total. The predicted molar refractivity (Wildman–Crippen MR) is 109 cm³/mol. The Balaban J connectivity index is 1.86. The van der Waals surface area contributed by atoms with Gasteiger partial charge in [-0.1, -0.05) is 18.2 Å². The summed E-state index contributed by atoms with van der Waals surface area (Å²) in [5.41, 5.74) is 7.92. The third-order valence-electron chi connectivity index (χ3n) is 5.27. The number of aryl methyl sites for hydroxylation is 1. The van der Waals surface area contributed by atoms with Crippen LogP contribution in [0.2, 0.25) is 0 Å². The number of hydrogen-bond acceptors (Lipinski definition) is 6. The molecule has 4 aromatic rings. The highest BCUT2D eigenvalue weighted by molar-refractivity contribution is 6.23. The number of allylic oxidation sites excluding steroid dienone is 2. The van der Waals surface area contributed by atoms with Gasteiger partial charge >= 0.3 is 5.97 Å². The maximum absolute atomic E-state index is 12.4. The van der Waals surface area contributed by atoms with Crippen LogP contribution in [0.4, 0.5) is 0 Å². The number of Topliss-reactive ketones (excluding diaryl/α,β-unsaturated/α-hetero) is 1. The molecule has 8 nitrogen and oxygen atoms in total. The van der Waals surface area contributed by atoms with Crippen molar-refractivity contribution in [3.8, 4) is 11.4 Å². The Bertz CT molecular complexity index is 1480. The highest BCUT2D eigenvalue weighted by Gasteiger charge is 2.27. The summed E-state index contributed by atoms with van der Waals surface area (Å²) in [5, 5.41) is 11.3. The fourth-order valence-corrected chi connectivity index (χ4v) is 3.86. The largest absolute Gasteiger partial charge is 0.477 e. The number of ketones is 2. The Kier molecular flexibility index (Phi) is 3.60. The van der Waals surface area contributed by atoms with E-state index in [4.69, 9.17) is 5.73 Å². The van der Waals surface area contributed by atoms with Crippen molar-refractivity contribution in [1.29, 1.82) is 0 Å². The maximum atomic E-state index is 12.4. The summed E-state index contributed by atoms with van der Waals surface area (Å²) in [5.74, 6) is -2.12. The fourth-order valence-electron chi connectivity index (χ4n) is 3.86. The maximum Gasteiger partial charge on any atom is 0.354 e. The van der Waals surface area contributed by atoms with E-state index in [1.807, 2.05) is 24.3 Å². The minimum absolute atomic E-state index is 0.0685. The summed E-state index contributed by atoms with van der Waals surface area (Å²) in [6.45, 7) is 1.71. The van der Waals surface area contributed by atoms with Crippen molar-refractivity contribution >= 4 is 39.3 Å². The predicted octanol–water partition coefficient (Wildman–Crippen LogP) is 3.01. The Morgan fingerprint density at radius 2 is 1.83 bits per heavy atom. The summed E-state index contributed by atoms with van der Waals surface area (Å²) in [7, 11) is 0. The van der Waals surface area contributed by atoms with Gasteiger partial charge in [-0.15, -0.1) is 0 Å². The van der Waals surface area contributed by atoms with Crippen LogP contribution in [0.3, 0.4) is 0 Å². The number of aromatic nitrogens is 3. The second-order valence-corrected chi connectivity index (χ2v) is 7.05. The van der Waals surface area contributed by atoms with Crippen molar-refractivity contribution in [2.75, 3.05) is 0 Å². The quantitative estimate of drug-likeness (QED) is 0.471. The van der Waals surface area contributed by atoms with Gasteiger partial charge < -0.3 is 15.8 Å². The lowest BCUT2D eigenvalue weighted by atomic mass is 9.96. The molecule has 0 saturated carbocycles. The van der Waals surface area contributed by atoms with E-state index in [1.165, 1.54) is 6.07 Å². The Hall–Kier alpha value is -4.33. The van der Waals surface area contributed by atoms with Crippen LogP contribution in [-0.2, 0) is 0 Å². The number of carboxylic acid groups (broad SMARTS) is 1. The lowest BCUT2D eigenvalue weighted by molar-refractivity contribution is 0.0689. The molecule has 0 unspecified atom stereocenters. The van der Waals surface area contributed by atoms with Gasteiger partial charge in [0.1, 0.15) is 11.4 Å². The number of nitrogens with zero attached hydrogens (tertiary/aromatic N) is 2. The van der Waals surface area contributed by atoms with Gasteiger partial charge in [0.2, 0.25) is 5.78 Å². The lowest BCUT2D eigenvalue weighted by Gasteiger charge is -2.13. The normalized spacial score (nSPS) is 13.6. The molecule has 30 heavy (non-hydrogen) atoms. The second kappa shape index (κ2) is 6.08. The van der Waals surface area contributed by atoms with Crippen molar-refractivity contribution in [2.45, 2.75) is 6.92 Å². The summed E-state index contributed by atoms with van der Waals surface area (Å²) in [6, 6.07) is 10.5. The summed E-state index contributed by atoms with van der Waals surface area (Å²) < 4.78 is 0. The first-order chi connectivity index (χ1) is 14.4. The third kappa shape index (κ3) is 2.37. The first-order valence-electron chi connectivity index (χ1n) is 9.08. The Morgan fingerprint density at radius 1 is 1.07 bits per heavy atom. The molecule has 0 spiro atoms. The van der Waals surface area contributed by atoms with Gasteiger partial charge in [-0.05, 0) is 30.7 Å². The zero-order chi connectivity index (χ0) is 21.2. The number of benzene rings is 1. The van der Waals surface area contributed by atoms with Gasteiger partial charge in [0.25, 0.3) is 0 Å². The van der Waals surface area contributed by atoms with Crippen LogP contribution >= 0.6 is 0 Å². The first-order valence-corrected chi connectivity index (χ1v) is 9.08. The molecular weight excluding hydrogens is 384 g/mol. The van der Waals surface area contributed by atoms with Gasteiger partial charge in [-0.25, -0.2) is 14.8 Å². The summed E-state index contributed by atoms with van der Waals surface area (Å²) in [6.07, 6.45) is 1.08. The van der Waals surface area contributed by atoms with Crippen molar-refractivity contribution in [3.63, 3.8) is 0 Å². The molecule has 1 aromatic carbocycles. The number of carbonyl (C=O) groups is 3. The van der Waals surface area contributed by atoms with Gasteiger partial charge in [-0.3, -0.25) is 9.59 Å². The van der Waals surface area contributed by atoms with Crippen molar-refractivity contribution in [1.82, 2.24) is 15.0 Å². The lowest BCUT2D eigenvalue weighted by Crippen LogP contribution is -2.23. The molecule has 8 heteroatoms. The third-order valence-corrected chi connectivity index (χ3v) is 5.27. The van der Waals surface area contributed by atoms with Crippen LogP contribution in [0, 0.1) is 6.92 Å². The number of hydrogen-bond donors (Lipinski definition) is 3. The summed E-state index contributed by atoms with van der Waals surface area (Å²) in [4.78, 5) is 48.4.